The van der Waals surface area contributed by atoms with Crippen LogP contribution in [0.25, 0.3) is 0 Å². The van der Waals surface area contributed by atoms with Crippen LogP contribution in [-0.2, 0) is 9.59 Å². The molecular weight excluding hydrogens is 266 g/mol. The summed E-state index contributed by atoms with van der Waals surface area (Å²) in [6.45, 7) is 2.26. The highest BCUT2D eigenvalue weighted by Crippen LogP contribution is 2.36. The molecule has 0 aromatic rings. The average molecular weight is 295 g/mol. The maximum atomic E-state index is 12.5. The third-order valence-corrected chi connectivity index (χ3v) is 5.05. The summed E-state index contributed by atoms with van der Waals surface area (Å²) >= 11 is 0. The maximum absolute atomic E-state index is 12.5. The normalized spacial score (nSPS) is 25.6. The van der Waals surface area contributed by atoms with E-state index in [-0.39, 0.29) is 12.3 Å². The highest BCUT2D eigenvalue weighted by molar-refractivity contribution is 5.77. The fraction of sp³-hybridized carbons (Fsp3) is 0.882. The van der Waals surface area contributed by atoms with Crippen molar-refractivity contribution in [2.45, 2.75) is 89.6 Å². The Morgan fingerprint density at radius 3 is 1.95 bits per heavy atom. The Kier molecular flexibility index (Phi) is 6.07. The first-order valence-electron chi connectivity index (χ1n) is 8.64. The maximum Gasteiger partial charge on any atom is 0.303 e. The van der Waals surface area contributed by atoms with Crippen molar-refractivity contribution in [3.05, 3.63) is 0 Å². The Balaban J connectivity index is 1.78. The smallest absolute Gasteiger partial charge is 0.303 e. The third kappa shape index (κ3) is 5.01. The van der Waals surface area contributed by atoms with Gasteiger partial charge in [-0.05, 0) is 57.3 Å². The van der Waals surface area contributed by atoms with E-state index in [1.165, 1.54) is 19.3 Å². The zero-order valence-corrected chi connectivity index (χ0v) is 13.2. The van der Waals surface area contributed by atoms with E-state index in [1.54, 1.807) is 0 Å². The molecule has 21 heavy (non-hydrogen) atoms. The van der Waals surface area contributed by atoms with E-state index in [1.807, 2.05) is 0 Å². The molecule has 2 aliphatic carbocycles. The molecule has 0 radical (unpaired) electrons. The molecule has 2 rings (SSSR count). The van der Waals surface area contributed by atoms with Crippen LogP contribution in [0.15, 0.2) is 0 Å². The van der Waals surface area contributed by atoms with Crippen molar-refractivity contribution in [3.8, 4) is 0 Å². The second kappa shape index (κ2) is 7.81. The molecule has 4 heteroatoms. The van der Waals surface area contributed by atoms with E-state index < -0.39 is 5.97 Å². The summed E-state index contributed by atoms with van der Waals surface area (Å²) < 4.78 is 0. The molecule has 0 spiro atoms. The van der Waals surface area contributed by atoms with Crippen LogP contribution in [0.4, 0.5) is 0 Å². The number of hydrogen-bond donors (Lipinski definition) is 1. The first-order valence-corrected chi connectivity index (χ1v) is 8.64. The fourth-order valence-electron chi connectivity index (χ4n) is 3.57. The number of carboxylic acid groups (broad SMARTS) is 1. The van der Waals surface area contributed by atoms with Gasteiger partial charge in [0.05, 0.1) is 0 Å². The molecule has 2 saturated carbocycles. The van der Waals surface area contributed by atoms with Crippen molar-refractivity contribution >= 4 is 11.9 Å². The van der Waals surface area contributed by atoms with Crippen LogP contribution in [-0.4, -0.2) is 34.0 Å². The summed E-state index contributed by atoms with van der Waals surface area (Å²) in [6, 6.07) is 0.937. The van der Waals surface area contributed by atoms with Crippen LogP contribution >= 0.6 is 0 Å². The number of hydrogen-bond acceptors (Lipinski definition) is 2. The van der Waals surface area contributed by atoms with E-state index in [0.717, 1.165) is 31.6 Å². The number of aliphatic carboxylic acids is 1. The first-order chi connectivity index (χ1) is 10.1. The molecule has 1 amide bonds. The van der Waals surface area contributed by atoms with Crippen LogP contribution in [0.5, 0.6) is 0 Å². The predicted molar refractivity (Wildman–Crippen MR) is 82.0 cm³/mol. The largest absolute Gasteiger partial charge is 0.481 e. The van der Waals surface area contributed by atoms with Crippen LogP contribution in [0.3, 0.4) is 0 Å². The van der Waals surface area contributed by atoms with Gasteiger partial charge in [0.2, 0.25) is 5.91 Å². The molecular formula is C17H29NO3. The zero-order chi connectivity index (χ0) is 15.2. The molecule has 0 bridgehead atoms. The lowest BCUT2D eigenvalue weighted by Gasteiger charge is -2.37. The first kappa shape index (κ1) is 16.3. The Morgan fingerprint density at radius 2 is 1.48 bits per heavy atom. The molecule has 0 aromatic heterocycles. The van der Waals surface area contributed by atoms with Crippen LogP contribution in [0.2, 0.25) is 0 Å². The monoisotopic (exact) mass is 295 g/mol. The fourth-order valence-corrected chi connectivity index (χ4v) is 3.57. The number of nitrogens with zero attached hydrogens (tertiary/aromatic N) is 1. The molecule has 0 atom stereocenters. The van der Waals surface area contributed by atoms with Gasteiger partial charge in [-0.1, -0.05) is 13.3 Å². The van der Waals surface area contributed by atoms with Gasteiger partial charge in [0, 0.05) is 24.9 Å². The number of carbonyl (C=O) groups is 2. The Morgan fingerprint density at radius 1 is 0.952 bits per heavy atom. The van der Waals surface area contributed by atoms with Crippen LogP contribution in [0.1, 0.15) is 77.6 Å². The summed E-state index contributed by atoms with van der Waals surface area (Å²) in [4.78, 5) is 25.2. The average Bonchev–Trinajstić information content (AvgIpc) is 3.29. The van der Waals surface area contributed by atoms with E-state index in [0.29, 0.717) is 31.3 Å². The van der Waals surface area contributed by atoms with Crippen molar-refractivity contribution in [1.29, 1.82) is 0 Å². The Hall–Kier alpha value is -1.06. The van der Waals surface area contributed by atoms with E-state index in [4.69, 9.17) is 5.11 Å². The minimum atomic E-state index is -0.764. The van der Waals surface area contributed by atoms with Gasteiger partial charge in [0.1, 0.15) is 0 Å². The molecule has 0 heterocycles. The van der Waals surface area contributed by atoms with E-state index in [9.17, 15) is 9.59 Å². The lowest BCUT2D eigenvalue weighted by Crippen LogP contribution is -2.43. The summed E-state index contributed by atoms with van der Waals surface area (Å²) in [6.07, 6.45) is 10.5. The Labute approximate surface area is 127 Å². The quantitative estimate of drug-likeness (QED) is 0.696. The second-order valence-electron chi connectivity index (χ2n) is 6.72. The van der Waals surface area contributed by atoms with E-state index in [2.05, 4.69) is 11.8 Å². The van der Waals surface area contributed by atoms with Gasteiger partial charge >= 0.3 is 5.97 Å². The van der Waals surface area contributed by atoms with Crippen molar-refractivity contribution in [1.82, 2.24) is 4.90 Å². The molecule has 0 unspecified atom stereocenters. The van der Waals surface area contributed by atoms with Crippen molar-refractivity contribution in [3.63, 3.8) is 0 Å². The Bertz CT molecular complexity index is 357. The van der Waals surface area contributed by atoms with Crippen LogP contribution < -0.4 is 0 Å². The van der Waals surface area contributed by atoms with Crippen molar-refractivity contribution in [2.75, 3.05) is 0 Å². The topological polar surface area (TPSA) is 57.6 Å². The highest BCUT2D eigenvalue weighted by atomic mass is 16.4. The molecule has 0 aromatic carbocycles. The molecule has 0 aliphatic heterocycles. The lowest BCUT2D eigenvalue weighted by atomic mass is 9.83. The van der Waals surface area contributed by atoms with Gasteiger partial charge < -0.3 is 10.0 Å². The third-order valence-electron chi connectivity index (χ3n) is 5.05. The minimum Gasteiger partial charge on any atom is -0.481 e. The zero-order valence-electron chi connectivity index (χ0n) is 13.2. The van der Waals surface area contributed by atoms with Gasteiger partial charge in [0.15, 0.2) is 0 Å². The number of rotatable bonds is 8. The van der Waals surface area contributed by atoms with Gasteiger partial charge in [-0.3, -0.25) is 9.59 Å². The molecule has 4 nitrogen and oxygen atoms in total. The summed E-state index contributed by atoms with van der Waals surface area (Å²) in [5, 5.41) is 8.64. The summed E-state index contributed by atoms with van der Waals surface area (Å²) in [7, 11) is 0. The van der Waals surface area contributed by atoms with Crippen LogP contribution in [0, 0.1) is 5.92 Å². The van der Waals surface area contributed by atoms with Gasteiger partial charge in [0.25, 0.3) is 0 Å². The van der Waals surface area contributed by atoms with Crippen molar-refractivity contribution in [2.24, 2.45) is 5.92 Å². The molecule has 1 N–H and O–H groups in total. The molecule has 120 valence electrons. The van der Waals surface area contributed by atoms with E-state index >= 15 is 0 Å². The van der Waals surface area contributed by atoms with Gasteiger partial charge in [-0.15, -0.1) is 0 Å². The molecule has 2 fully saturated rings. The number of carbonyl (C=O) groups excluding carboxylic acids is 1. The summed E-state index contributed by atoms with van der Waals surface area (Å²) in [5.41, 5.74) is 0. The molecule has 0 saturated heterocycles. The number of carboxylic acids is 1. The number of amides is 1. The SMILES string of the molecule is CCC1CCC(N(C(=O)CCCCC(=O)O)C2CC2)CC1. The second-order valence-corrected chi connectivity index (χ2v) is 6.72. The van der Waals surface area contributed by atoms with Crippen molar-refractivity contribution < 1.29 is 14.7 Å². The minimum absolute atomic E-state index is 0.179. The predicted octanol–water partition coefficient (Wildman–Crippen LogP) is 3.59. The standard InChI is InChI=1S/C17H29NO3/c1-2-13-7-9-14(10-8-13)18(15-11-12-15)16(19)5-3-4-6-17(20)21/h13-15H,2-12H2,1H3,(H,20,21). The lowest BCUT2D eigenvalue weighted by molar-refractivity contribution is -0.138. The van der Waals surface area contributed by atoms with Gasteiger partial charge in [-0.2, -0.15) is 0 Å². The highest BCUT2D eigenvalue weighted by Gasteiger charge is 2.38. The number of unbranched alkanes of at least 4 members (excludes halogenated alkanes) is 1. The van der Waals surface area contributed by atoms with Gasteiger partial charge in [-0.25, -0.2) is 0 Å². The summed E-state index contributed by atoms with van der Waals surface area (Å²) in [5.74, 6) is 0.357. The molecule has 2 aliphatic rings.